The fourth-order valence-electron chi connectivity index (χ4n) is 3.43. The first kappa shape index (κ1) is 15.3. The fraction of sp³-hybridized carbons (Fsp3) is 1.00. The van der Waals surface area contributed by atoms with Gasteiger partial charge in [0.1, 0.15) is 0 Å². The lowest BCUT2D eigenvalue weighted by molar-refractivity contribution is -0.0313. The molecule has 3 unspecified atom stereocenters. The third kappa shape index (κ3) is 4.19. The van der Waals surface area contributed by atoms with Gasteiger partial charge in [-0.05, 0) is 50.0 Å². The molecule has 2 nitrogen and oxygen atoms in total. The highest BCUT2D eigenvalue weighted by Crippen LogP contribution is 2.41. The van der Waals surface area contributed by atoms with E-state index in [0.717, 1.165) is 18.4 Å². The second-order valence-corrected chi connectivity index (χ2v) is 7.39. The first-order valence-corrected chi connectivity index (χ1v) is 8.35. The normalized spacial score (nSPS) is 32.5. The Morgan fingerprint density at radius 3 is 2.47 bits per heavy atom. The lowest BCUT2D eigenvalue weighted by atomic mass is 9.68. The van der Waals surface area contributed by atoms with Gasteiger partial charge in [-0.2, -0.15) is 0 Å². The van der Waals surface area contributed by atoms with E-state index in [-0.39, 0.29) is 0 Å². The summed E-state index contributed by atoms with van der Waals surface area (Å²) in [6.07, 6.45) is 9.76. The molecule has 2 aliphatic rings. The third-order valence-electron chi connectivity index (χ3n) is 5.73. The smallest absolute Gasteiger partial charge is 0.0730 e. The monoisotopic (exact) mass is 267 g/mol. The fourth-order valence-corrected chi connectivity index (χ4v) is 3.43. The first-order valence-electron chi connectivity index (χ1n) is 8.35. The van der Waals surface area contributed by atoms with Gasteiger partial charge in [0.05, 0.1) is 6.10 Å². The molecule has 2 aliphatic carbocycles. The highest BCUT2D eigenvalue weighted by atomic mass is 16.5. The van der Waals surface area contributed by atoms with Crippen LogP contribution in [0.1, 0.15) is 65.7 Å². The zero-order valence-corrected chi connectivity index (χ0v) is 13.4. The first-order chi connectivity index (χ1) is 9.06. The van der Waals surface area contributed by atoms with E-state index in [1.165, 1.54) is 44.9 Å². The van der Waals surface area contributed by atoms with Crippen LogP contribution >= 0.6 is 0 Å². The Kier molecular flexibility index (Phi) is 5.30. The van der Waals surface area contributed by atoms with Crippen molar-refractivity contribution < 1.29 is 4.74 Å². The van der Waals surface area contributed by atoms with Gasteiger partial charge >= 0.3 is 0 Å². The molecule has 0 spiro atoms. The van der Waals surface area contributed by atoms with Crippen molar-refractivity contribution in [1.82, 2.24) is 5.32 Å². The lowest BCUT2D eigenvalue weighted by Crippen LogP contribution is -2.46. The maximum atomic E-state index is 6.24. The van der Waals surface area contributed by atoms with E-state index in [9.17, 15) is 0 Å². The molecule has 0 heterocycles. The SMILES string of the molecule is CCC(C)(C)C1CCC(NC)C(OCCC2CC2)C1. The Bertz CT molecular complexity index is 272. The lowest BCUT2D eigenvalue weighted by Gasteiger charge is -2.43. The van der Waals surface area contributed by atoms with Crippen LogP contribution in [-0.2, 0) is 4.74 Å². The Balaban J connectivity index is 1.84. The Labute approximate surface area is 119 Å². The number of likely N-dealkylation sites (N-methyl/N-ethyl adjacent to an activating group) is 1. The van der Waals surface area contributed by atoms with E-state index in [4.69, 9.17) is 4.74 Å². The molecule has 0 bridgehead atoms. The summed E-state index contributed by atoms with van der Waals surface area (Å²) < 4.78 is 6.24. The van der Waals surface area contributed by atoms with Crippen LogP contribution < -0.4 is 5.32 Å². The molecule has 0 radical (unpaired) electrons. The maximum Gasteiger partial charge on any atom is 0.0730 e. The molecule has 0 aromatic heterocycles. The van der Waals surface area contributed by atoms with Crippen molar-refractivity contribution in [1.29, 1.82) is 0 Å². The summed E-state index contributed by atoms with van der Waals surface area (Å²) in [7, 11) is 2.09. The van der Waals surface area contributed by atoms with E-state index < -0.39 is 0 Å². The molecule has 0 aliphatic heterocycles. The number of rotatable bonds is 7. The van der Waals surface area contributed by atoms with E-state index in [2.05, 4.69) is 33.1 Å². The molecule has 0 amide bonds. The van der Waals surface area contributed by atoms with Crippen molar-refractivity contribution in [2.45, 2.75) is 77.9 Å². The molecule has 1 N–H and O–H groups in total. The Morgan fingerprint density at radius 2 is 1.89 bits per heavy atom. The van der Waals surface area contributed by atoms with Gasteiger partial charge in [0.15, 0.2) is 0 Å². The van der Waals surface area contributed by atoms with Crippen LogP contribution in [0.5, 0.6) is 0 Å². The molecular formula is C17H33NO. The average molecular weight is 267 g/mol. The van der Waals surface area contributed by atoms with Crippen LogP contribution in [0.2, 0.25) is 0 Å². The second-order valence-electron chi connectivity index (χ2n) is 7.39. The van der Waals surface area contributed by atoms with E-state index in [0.29, 0.717) is 17.6 Å². The minimum atomic E-state index is 0.438. The standard InChI is InChI=1S/C17H33NO/c1-5-17(2,3)14-8-9-15(18-4)16(12-14)19-11-10-13-6-7-13/h13-16,18H,5-12H2,1-4H3. The van der Waals surface area contributed by atoms with Crippen LogP contribution in [0.4, 0.5) is 0 Å². The van der Waals surface area contributed by atoms with Crippen molar-refractivity contribution in [3.63, 3.8) is 0 Å². The van der Waals surface area contributed by atoms with Crippen molar-refractivity contribution in [3.05, 3.63) is 0 Å². The predicted octanol–water partition coefficient (Wildman–Crippen LogP) is 4.00. The van der Waals surface area contributed by atoms with E-state index >= 15 is 0 Å². The summed E-state index contributed by atoms with van der Waals surface area (Å²) in [5, 5.41) is 3.47. The van der Waals surface area contributed by atoms with E-state index in [1.807, 2.05) is 0 Å². The van der Waals surface area contributed by atoms with Crippen molar-refractivity contribution >= 4 is 0 Å². The second kappa shape index (κ2) is 6.58. The van der Waals surface area contributed by atoms with Crippen molar-refractivity contribution in [2.24, 2.45) is 17.3 Å². The van der Waals surface area contributed by atoms with Crippen LogP contribution in [0, 0.1) is 17.3 Å². The van der Waals surface area contributed by atoms with Crippen molar-refractivity contribution in [3.8, 4) is 0 Å². The Hall–Kier alpha value is -0.0800. The molecule has 0 saturated heterocycles. The molecule has 2 saturated carbocycles. The molecule has 2 fully saturated rings. The minimum absolute atomic E-state index is 0.438. The Morgan fingerprint density at radius 1 is 1.16 bits per heavy atom. The van der Waals surface area contributed by atoms with Gasteiger partial charge in [0.2, 0.25) is 0 Å². The molecule has 112 valence electrons. The summed E-state index contributed by atoms with van der Waals surface area (Å²) in [6, 6.07) is 0.572. The highest BCUT2D eigenvalue weighted by Gasteiger charge is 2.37. The number of nitrogens with one attached hydrogen (secondary N) is 1. The molecule has 0 aromatic carbocycles. The number of hydrogen-bond acceptors (Lipinski definition) is 2. The van der Waals surface area contributed by atoms with Gasteiger partial charge in [0, 0.05) is 12.6 Å². The average Bonchev–Trinajstić information content (AvgIpc) is 3.22. The highest BCUT2D eigenvalue weighted by molar-refractivity contribution is 4.90. The molecular weight excluding hydrogens is 234 g/mol. The van der Waals surface area contributed by atoms with Gasteiger partial charge < -0.3 is 10.1 Å². The molecule has 3 atom stereocenters. The molecule has 2 heteroatoms. The van der Waals surface area contributed by atoms with Gasteiger partial charge in [-0.3, -0.25) is 0 Å². The summed E-state index contributed by atoms with van der Waals surface area (Å²) in [5.41, 5.74) is 0.469. The van der Waals surface area contributed by atoms with Gasteiger partial charge in [0.25, 0.3) is 0 Å². The molecule has 19 heavy (non-hydrogen) atoms. The quantitative estimate of drug-likeness (QED) is 0.753. The predicted molar refractivity (Wildman–Crippen MR) is 81.3 cm³/mol. The summed E-state index contributed by atoms with van der Waals surface area (Å²) in [5.74, 6) is 1.81. The zero-order valence-electron chi connectivity index (χ0n) is 13.4. The van der Waals surface area contributed by atoms with Crippen LogP contribution in [0.3, 0.4) is 0 Å². The third-order valence-corrected chi connectivity index (χ3v) is 5.73. The minimum Gasteiger partial charge on any atom is -0.377 e. The number of ether oxygens (including phenoxy) is 1. The zero-order chi connectivity index (χ0) is 13.9. The number of hydrogen-bond donors (Lipinski definition) is 1. The summed E-state index contributed by atoms with van der Waals surface area (Å²) in [4.78, 5) is 0. The molecule has 0 aromatic rings. The van der Waals surface area contributed by atoms with Gasteiger partial charge in [-0.15, -0.1) is 0 Å². The van der Waals surface area contributed by atoms with Gasteiger partial charge in [-0.1, -0.05) is 40.0 Å². The van der Waals surface area contributed by atoms with E-state index in [1.54, 1.807) is 0 Å². The van der Waals surface area contributed by atoms with Gasteiger partial charge in [-0.25, -0.2) is 0 Å². The molecule has 2 rings (SSSR count). The topological polar surface area (TPSA) is 21.3 Å². The summed E-state index contributed by atoms with van der Waals surface area (Å²) in [6.45, 7) is 8.16. The van der Waals surface area contributed by atoms with Crippen LogP contribution in [0.15, 0.2) is 0 Å². The van der Waals surface area contributed by atoms with Crippen molar-refractivity contribution in [2.75, 3.05) is 13.7 Å². The van der Waals surface area contributed by atoms with Crippen LogP contribution in [-0.4, -0.2) is 25.8 Å². The largest absolute Gasteiger partial charge is 0.377 e. The maximum absolute atomic E-state index is 6.24. The summed E-state index contributed by atoms with van der Waals surface area (Å²) >= 11 is 0. The van der Waals surface area contributed by atoms with Crippen LogP contribution in [0.25, 0.3) is 0 Å².